The molecule has 0 bridgehead atoms. The van der Waals surface area contributed by atoms with Gasteiger partial charge in [0, 0.05) is 10.7 Å². The van der Waals surface area contributed by atoms with Crippen LogP contribution in [0.3, 0.4) is 0 Å². The molecule has 0 radical (unpaired) electrons. The first-order chi connectivity index (χ1) is 10.4. The normalized spacial score (nSPS) is 10.6. The average Bonchev–Trinajstić information content (AvgIpc) is 2.45. The fourth-order valence-electron chi connectivity index (χ4n) is 1.97. The summed E-state index contributed by atoms with van der Waals surface area (Å²) in [6.07, 6.45) is -0.166. The molecule has 0 aliphatic heterocycles. The SMILES string of the molecule is Cc1c(Cl)cccc1Nc1ccc(C(=O)OC(C)C)cc1N. The predicted molar refractivity (Wildman–Crippen MR) is 90.9 cm³/mol. The molecule has 0 fully saturated rings. The van der Waals surface area contributed by atoms with E-state index in [1.54, 1.807) is 32.0 Å². The van der Waals surface area contributed by atoms with Crippen LogP contribution in [0.5, 0.6) is 0 Å². The van der Waals surface area contributed by atoms with Crippen molar-refractivity contribution in [3.05, 3.63) is 52.5 Å². The fraction of sp³-hybridized carbons (Fsp3) is 0.235. The van der Waals surface area contributed by atoms with Crippen molar-refractivity contribution in [2.75, 3.05) is 11.1 Å². The van der Waals surface area contributed by atoms with Crippen LogP contribution in [0.1, 0.15) is 29.8 Å². The maximum Gasteiger partial charge on any atom is 0.338 e. The lowest BCUT2D eigenvalue weighted by molar-refractivity contribution is 0.0378. The standard InChI is InChI=1S/C17H19ClN2O2/c1-10(2)22-17(21)12-7-8-16(14(19)9-12)20-15-6-4-5-13(18)11(15)3/h4-10,20H,19H2,1-3H3. The minimum atomic E-state index is -0.382. The van der Waals surface area contributed by atoms with Crippen LogP contribution in [0.25, 0.3) is 0 Å². The van der Waals surface area contributed by atoms with Crippen LogP contribution >= 0.6 is 11.6 Å². The van der Waals surface area contributed by atoms with E-state index in [1.807, 2.05) is 25.1 Å². The largest absolute Gasteiger partial charge is 0.459 e. The number of ether oxygens (including phenoxy) is 1. The molecule has 0 heterocycles. The van der Waals surface area contributed by atoms with Gasteiger partial charge in [0.2, 0.25) is 0 Å². The number of hydrogen-bond donors (Lipinski definition) is 2. The Hall–Kier alpha value is -2.20. The second-order valence-corrected chi connectivity index (χ2v) is 5.70. The number of rotatable bonds is 4. The molecule has 0 aliphatic carbocycles. The Kier molecular flexibility index (Phi) is 4.93. The van der Waals surface area contributed by atoms with Crippen molar-refractivity contribution in [1.82, 2.24) is 0 Å². The third kappa shape index (κ3) is 3.71. The van der Waals surface area contributed by atoms with Crippen LogP contribution in [0.4, 0.5) is 17.1 Å². The number of anilines is 3. The van der Waals surface area contributed by atoms with Crippen LogP contribution in [0.15, 0.2) is 36.4 Å². The average molecular weight is 319 g/mol. The van der Waals surface area contributed by atoms with Gasteiger partial charge in [-0.2, -0.15) is 0 Å². The van der Waals surface area contributed by atoms with Gasteiger partial charge in [0.1, 0.15) is 0 Å². The number of nitrogen functional groups attached to an aromatic ring is 1. The Bertz CT molecular complexity index is 699. The first-order valence-electron chi connectivity index (χ1n) is 7.01. The number of hydrogen-bond acceptors (Lipinski definition) is 4. The van der Waals surface area contributed by atoms with Crippen molar-refractivity contribution in [1.29, 1.82) is 0 Å². The Balaban J connectivity index is 2.23. The molecular formula is C17H19ClN2O2. The number of halogens is 1. The molecule has 0 saturated carbocycles. The van der Waals surface area contributed by atoms with E-state index < -0.39 is 0 Å². The maximum absolute atomic E-state index is 11.9. The van der Waals surface area contributed by atoms with Gasteiger partial charge in [-0.15, -0.1) is 0 Å². The van der Waals surface area contributed by atoms with Gasteiger partial charge in [-0.05, 0) is 56.7 Å². The Labute approximate surface area is 135 Å². The number of esters is 1. The molecule has 0 aliphatic rings. The summed E-state index contributed by atoms with van der Waals surface area (Å²) in [7, 11) is 0. The summed E-state index contributed by atoms with van der Waals surface area (Å²) in [6, 6.07) is 10.7. The van der Waals surface area contributed by atoms with E-state index in [1.165, 1.54) is 0 Å². The summed E-state index contributed by atoms with van der Waals surface area (Å²) in [5, 5.41) is 3.91. The predicted octanol–water partition coefficient (Wildman–Crippen LogP) is 4.54. The fourth-order valence-corrected chi connectivity index (χ4v) is 2.15. The molecule has 22 heavy (non-hydrogen) atoms. The molecule has 2 aromatic rings. The molecule has 0 amide bonds. The van der Waals surface area contributed by atoms with E-state index >= 15 is 0 Å². The second-order valence-electron chi connectivity index (χ2n) is 5.29. The molecule has 3 N–H and O–H groups in total. The van der Waals surface area contributed by atoms with Gasteiger partial charge in [0.05, 0.1) is 23.0 Å². The molecular weight excluding hydrogens is 300 g/mol. The highest BCUT2D eigenvalue weighted by molar-refractivity contribution is 6.31. The quantitative estimate of drug-likeness (QED) is 0.641. The number of carbonyl (C=O) groups excluding carboxylic acids is 1. The van der Waals surface area contributed by atoms with Crippen LogP contribution in [-0.2, 0) is 4.74 Å². The highest BCUT2D eigenvalue weighted by atomic mass is 35.5. The minimum absolute atomic E-state index is 0.166. The van der Waals surface area contributed by atoms with Crippen molar-refractivity contribution < 1.29 is 9.53 Å². The van der Waals surface area contributed by atoms with Crippen molar-refractivity contribution in [2.45, 2.75) is 26.9 Å². The Morgan fingerprint density at radius 3 is 2.59 bits per heavy atom. The van der Waals surface area contributed by atoms with E-state index in [-0.39, 0.29) is 12.1 Å². The van der Waals surface area contributed by atoms with Crippen LogP contribution < -0.4 is 11.1 Å². The molecule has 5 heteroatoms. The lowest BCUT2D eigenvalue weighted by Gasteiger charge is -2.14. The zero-order chi connectivity index (χ0) is 16.3. The van der Waals surface area contributed by atoms with Crippen LogP contribution in [-0.4, -0.2) is 12.1 Å². The highest BCUT2D eigenvalue weighted by Crippen LogP contribution is 2.29. The molecule has 0 spiro atoms. The number of carbonyl (C=O) groups is 1. The Morgan fingerprint density at radius 1 is 1.23 bits per heavy atom. The molecule has 0 aromatic heterocycles. The lowest BCUT2D eigenvalue weighted by atomic mass is 10.1. The third-order valence-electron chi connectivity index (χ3n) is 3.17. The van der Waals surface area contributed by atoms with Crippen LogP contribution in [0.2, 0.25) is 5.02 Å². The van der Waals surface area contributed by atoms with Crippen molar-refractivity contribution in [2.24, 2.45) is 0 Å². The van der Waals surface area contributed by atoms with Gasteiger partial charge in [0.25, 0.3) is 0 Å². The number of nitrogens with one attached hydrogen (secondary N) is 1. The van der Waals surface area contributed by atoms with E-state index in [9.17, 15) is 4.79 Å². The van der Waals surface area contributed by atoms with Gasteiger partial charge in [-0.1, -0.05) is 17.7 Å². The minimum Gasteiger partial charge on any atom is -0.459 e. The highest BCUT2D eigenvalue weighted by Gasteiger charge is 2.12. The monoisotopic (exact) mass is 318 g/mol. The van der Waals surface area contributed by atoms with Gasteiger partial charge < -0.3 is 15.8 Å². The topological polar surface area (TPSA) is 64.3 Å². The summed E-state index contributed by atoms with van der Waals surface area (Å²) in [5.74, 6) is -0.382. The van der Waals surface area contributed by atoms with Crippen molar-refractivity contribution >= 4 is 34.6 Å². The zero-order valence-corrected chi connectivity index (χ0v) is 13.6. The first kappa shape index (κ1) is 16.2. The Morgan fingerprint density at radius 2 is 1.95 bits per heavy atom. The molecule has 0 unspecified atom stereocenters. The second kappa shape index (κ2) is 6.71. The molecule has 0 atom stereocenters. The summed E-state index contributed by atoms with van der Waals surface area (Å²) in [5.41, 5.74) is 9.45. The number of benzene rings is 2. The summed E-state index contributed by atoms with van der Waals surface area (Å²) in [6.45, 7) is 5.54. The summed E-state index contributed by atoms with van der Waals surface area (Å²) < 4.78 is 5.15. The number of nitrogens with two attached hydrogens (primary N) is 1. The van der Waals surface area contributed by atoms with E-state index in [0.717, 1.165) is 11.3 Å². The van der Waals surface area contributed by atoms with Gasteiger partial charge in [-0.3, -0.25) is 0 Å². The first-order valence-corrected chi connectivity index (χ1v) is 7.39. The molecule has 116 valence electrons. The van der Waals surface area contributed by atoms with Gasteiger partial charge >= 0.3 is 5.97 Å². The van der Waals surface area contributed by atoms with E-state index in [0.29, 0.717) is 22.0 Å². The van der Waals surface area contributed by atoms with E-state index in [2.05, 4.69) is 5.32 Å². The molecule has 2 rings (SSSR count). The maximum atomic E-state index is 11.9. The van der Waals surface area contributed by atoms with Crippen molar-refractivity contribution in [3.8, 4) is 0 Å². The van der Waals surface area contributed by atoms with Crippen LogP contribution in [0, 0.1) is 6.92 Å². The van der Waals surface area contributed by atoms with Gasteiger partial charge in [0.15, 0.2) is 0 Å². The third-order valence-corrected chi connectivity index (χ3v) is 3.58. The van der Waals surface area contributed by atoms with Crippen molar-refractivity contribution in [3.63, 3.8) is 0 Å². The molecule has 4 nitrogen and oxygen atoms in total. The molecule has 2 aromatic carbocycles. The molecule has 0 saturated heterocycles. The zero-order valence-electron chi connectivity index (χ0n) is 12.8. The van der Waals surface area contributed by atoms with Gasteiger partial charge in [-0.25, -0.2) is 4.79 Å². The summed E-state index contributed by atoms with van der Waals surface area (Å²) in [4.78, 5) is 11.9. The van der Waals surface area contributed by atoms with E-state index in [4.69, 9.17) is 22.1 Å². The smallest absolute Gasteiger partial charge is 0.338 e. The lowest BCUT2D eigenvalue weighted by Crippen LogP contribution is -2.12. The summed E-state index contributed by atoms with van der Waals surface area (Å²) >= 11 is 6.10.